The van der Waals surface area contributed by atoms with Crippen LogP contribution >= 0.6 is 0 Å². The van der Waals surface area contributed by atoms with Crippen molar-refractivity contribution >= 4 is 29.8 Å². The number of rotatable bonds is 15. The zero-order valence-corrected chi connectivity index (χ0v) is 22.5. The quantitative estimate of drug-likeness (QED) is 0.140. The third kappa shape index (κ3) is 9.59. The normalized spacial score (nSPS) is 10.6. The molecule has 0 heterocycles. The Morgan fingerprint density at radius 1 is 0.650 bits per heavy atom. The Labute approximate surface area is 232 Å². The molecule has 2 aromatic carbocycles. The molecular formula is C30H30O10. The average Bonchev–Trinajstić information content (AvgIpc) is 2.93. The summed E-state index contributed by atoms with van der Waals surface area (Å²) in [7, 11) is 4.23. The smallest absolute Gasteiger partial charge is 0.341 e. The first-order chi connectivity index (χ1) is 19.1. The van der Waals surface area contributed by atoms with E-state index in [1.165, 1.54) is 51.7 Å². The molecule has 0 saturated heterocycles. The van der Waals surface area contributed by atoms with Gasteiger partial charge in [-0.2, -0.15) is 0 Å². The highest BCUT2D eigenvalue weighted by Crippen LogP contribution is 2.27. The van der Waals surface area contributed by atoms with E-state index in [-0.39, 0.29) is 59.4 Å². The first-order valence-corrected chi connectivity index (χ1v) is 11.7. The number of carbonyl (C=O) groups is 4. The fourth-order valence-electron chi connectivity index (χ4n) is 2.99. The molecule has 0 aliphatic rings. The van der Waals surface area contributed by atoms with Crippen LogP contribution in [0.15, 0.2) is 85.0 Å². The monoisotopic (exact) mass is 550 g/mol. The fraction of sp³-hybridized carbons (Fsp3) is 0.200. The maximum Gasteiger partial charge on any atom is 0.341 e. The Morgan fingerprint density at radius 3 is 1.60 bits per heavy atom. The van der Waals surface area contributed by atoms with Crippen molar-refractivity contribution in [1.29, 1.82) is 0 Å². The molecule has 0 amide bonds. The molecule has 0 saturated carbocycles. The number of allylic oxidation sites excluding steroid dienone is 1. The predicted octanol–water partition coefficient (Wildman–Crippen LogP) is 3.91. The highest BCUT2D eigenvalue weighted by Gasteiger charge is 2.19. The second-order valence-corrected chi connectivity index (χ2v) is 8.20. The first kappa shape index (κ1) is 31.6. The lowest BCUT2D eigenvalue weighted by Gasteiger charge is -2.12. The molecular weight excluding hydrogens is 520 g/mol. The van der Waals surface area contributed by atoms with Crippen LogP contribution in [0.25, 0.3) is 6.08 Å². The van der Waals surface area contributed by atoms with Crippen LogP contribution in [0.2, 0.25) is 0 Å². The molecule has 10 nitrogen and oxygen atoms in total. The summed E-state index contributed by atoms with van der Waals surface area (Å²) in [5, 5.41) is 0. The van der Waals surface area contributed by atoms with Gasteiger partial charge < -0.3 is 28.4 Å². The number of benzene rings is 2. The summed E-state index contributed by atoms with van der Waals surface area (Å²) in [6.45, 7) is 10.7. The van der Waals surface area contributed by atoms with Crippen LogP contribution in [0, 0.1) is 0 Å². The van der Waals surface area contributed by atoms with E-state index in [1.807, 2.05) is 0 Å². The van der Waals surface area contributed by atoms with Crippen LogP contribution in [0.1, 0.15) is 15.9 Å². The Bertz CT molecular complexity index is 1320. The molecule has 0 unspecified atom stereocenters. The van der Waals surface area contributed by atoms with Gasteiger partial charge in [0, 0.05) is 27.4 Å². The molecule has 40 heavy (non-hydrogen) atoms. The molecule has 2 rings (SSSR count). The van der Waals surface area contributed by atoms with E-state index in [2.05, 4.69) is 19.7 Å². The van der Waals surface area contributed by atoms with Crippen molar-refractivity contribution in [2.24, 2.45) is 0 Å². The lowest BCUT2D eigenvalue weighted by Crippen LogP contribution is -2.17. The highest BCUT2D eigenvalue weighted by molar-refractivity contribution is 6.09. The lowest BCUT2D eigenvalue weighted by atomic mass is 10.1. The van der Waals surface area contributed by atoms with E-state index >= 15 is 0 Å². The second-order valence-electron chi connectivity index (χ2n) is 8.20. The number of carbonyl (C=O) groups excluding carboxylic acids is 4. The van der Waals surface area contributed by atoms with Crippen molar-refractivity contribution in [3.63, 3.8) is 0 Å². The minimum atomic E-state index is -0.828. The third-order valence-electron chi connectivity index (χ3n) is 4.97. The average molecular weight is 551 g/mol. The Kier molecular flexibility index (Phi) is 12.4. The number of hydrogen-bond donors (Lipinski definition) is 0. The molecule has 10 heteroatoms. The zero-order chi connectivity index (χ0) is 29.7. The fourth-order valence-corrected chi connectivity index (χ4v) is 2.99. The summed E-state index contributed by atoms with van der Waals surface area (Å²) in [5.41, 5.74) is 0.892. The molecule has 0 radical (unpaired) electrons. The molecule has 0 aliphatic carbocycles. The van der Waals surface area contributed by atoms with Gasteiger partial charge in [-0.25, -0.2) is 14.4 Å². The van der Waals surface area contributed by atoms with Crippen LogP contribution in [0.3, 0.4) is 0 Å². The Morgan fingerprint density at radius 2 is 1.10 bits per heavy atom. The number of ether oxygens (including phenoxy) is 6. The van der Waals surface area contributed by atoms with Gasteiger partial charge in [0.2, 0.25) is 0 Å². The van der Waals surface area contributed by atoms with E-state index in [0.29, 0.717) is 5.56 Å². The largest absolute Gasteiger partial charge is 0.423 e. The van der Waals surface area contributed by atoms with Gasteiger partial charge in [-0.05, 0) is 35.9 Å². The van der Waals surface area contributed by atoms with Gasteiger partial charge >= 0.3 is 17.9 Å². The zero-order valence-electron chi connectivity index (χ0n) is 22.5. The number of methoxy groups -OCH3 is 3. The second kappa shape index (κ2) is 15.7. The van der Waals surface area contributed by atoms with E-state index in [1.54, 1.807) is 24.3 Å². The summed E-state index contributed by atoms with van der Waals surface area (Å²) in [4.78, 5) is 49.6. The van der Waals surface area contributed by atoms with Crippen LogP contribution in [0.4, 0.5) is 0 Å². The van der Waals surface area contributed by atoms with Crippen molar-refractivity contribution < 1.29 is 47.6 Å². The summed E-state index contributed by atoms with van der Waals surface area (Å²) in [5.74, 6) is -2.56. The van der Waals surface area contributed by atoms with E-state index in [0.717, 1.165) is 0 Å². The summed E-state index contributed by atoms with van der Waals surface area (Å²) in [6, 6.07) is 10.3. The SMILES string of the molecule is C=C(COC)C(=O)Oc1ccc(/C=C\C(=O)c2ccc(OC(=O)C(=C)COC)cc2OC(=O)C(=C)COC)cc1. The maximum atomic E-state index is 13.0. The van der Waals surface area contributed by atoms with Crippen molar-refractivity contribution in [2.75, 3.05) is 41.2 Å². The Balaban J connectivity index is 2.24. The van der Waals surface area contributed by atoms with Gasteiger partial charge in [-0.3, -0.25) is 4.79 Å². The van der Waals surface area contributed by atoms with Crippen LogP contribution in [0.5, 0.6) is 17.2 Å². The van der Waals surface area contributed by atoms with Crippen molar-refractivity contribution in [1.82, 2.24) is 0 Å². The third-order valence-corrected chi connectivity index (χ3v) is 4.97. The van der Waals surface area contributed by atoms with Gasteiger partial charge in [0.25, 0.3) is 0 Å². The topological polar surface area (TPSA) is 124 Å². The minimum Gasteiger partial charge on any atom is -0.423 e. The van der Waals surface area contributed by atoms with Gasteiger partial charge in [0.15, 0.2) is 5.78 Å². The van der Waals surface area contributed by atoms with Crippen LogP contribution in [-0.4, -0.2) is 64.8 Å². The molecule has 0 aromatic heterocycles. The molecule has 210 valence electrons. The number of ketones is 1. The van der Waals surface area contributed by atoms with Gasteiger partial charge in [0.05, 0.1) is 42.1 Å². The summed E-state index contributed by atoms with van der Waals surface area (Å²) in [6.07, 6.45) is 2.79. The van der Waals surface area contributed by atoms with Crippen LogP contribution < -0.4 is 14.2 Å². The molecule has 0 spiro atoms. The van der Waals surface area contributed by atoms with E-state index in [4.69, 9.17) is 28.4 Å². The molecule has 2 aromatic rings. The number of hydrogen-bond acceptors (Lipinski definition) is 10. The van der Waals surface area contributed by atoms with E-state index < -0.39 is 23.7 Å². The van der Waals surface area contributed by atoms with Crippen molar-refractivity contribution in [3.8, 4) is 17.2 Å². The first-order valence-electron chi connectivity index (χ1n) is 11.7. The molecule has 0 bridgehead atoms. The summed E-state index contributed by atoms with van der Waals surface area (Å²) >= 11 is 0. The molecule has 0 aliphatic heterocycles. The predicted molar refractivity (Wildman–Crippen MR) is 146 cm³/mol. The van der Waals surface area contributed by atoms with Crippen molar-refractivity contribution in [3.05, 3.63) is 96.1 Å². The molecule has 0 N–H and O–H groups in total. The molecule has 0 fully saturated rings. The summed E-state index contributed by atoms with van der Waals surface area (Å²) < 4.78 is 30.5. The van der Waals surface area contributed by atoms with Gasteiger partial charge in [-0.1, -0.05) is 37.9 Å². The Hall–Kier alpha value is -4.64. The number of esters is 3. The maximum absolute atomic E-state index is 13.0. The van der Waals surface area contributed by atoms with E-state index in [9.17, 15) is 19.2 Å². The van der Waals surface area contributed by atoms with Gasteiger partial charge in [0.1, 0.15) is 17.2 Å². The highest BCUT2D eigenvalue weighted by atomic mass is 16.6. The minimum absolute atomic E-state index is 0.0129. The van der Waals surface area contributed by atoms with Crippen LogP contribution in [-0.2, 0) is 28.6 Å². The standard InChI is InChI=1S/C30H30O10/c1-19(16-35-4)28(32)38-23-10-7-22(8-11-23)9-14-26(31)25-13-12-24(39-29(33)20(2)17-36-5)15-27(25)40-30(34)21(3)18-37-6/h7-15H,1-3,16-18H2,4-6H3/b14-9-. The lowest BCUT2D eigenvalue weighted by molar-refractivity contribution is -0.131. The van der Waals surface area contributed by atoms with Gasteiger partial charge in [-0.15, -0.1) is 0 Å². The molecule has 0 atom stereocenters. The van der Waals surface area contributed by atoms with Crippen molar-refractivity contribution in [2.45, 2.75) is 0 Å².